The Kier molecular flexibility index (Phi) is 4.32. The second kappa shape index (κ2) is 6.36. The molecular weight excluding hydrogens is 340 g/mol. The van der Waals surface area contributed by atoms with Gasteiger partial charge in [-0.2, -0.15) is 0 Å². The minimum absolute atomic E-state index is 0.277. The van der Waals surface area contributed by atoms with Crippen LogP contribution in [-0.4, -0.2) is 57.9 Å². The first kappa shape index (κ1) is 17.0. The number of hydrogen-bond acceptors (Lipinski definition) is 6. The number of anilines is 1. The average molecular weight is 363 g/mol. The molecule has 1 aromatic heterocycles. The summed E-state index contributed by atoms with van der Waals surface area (Å²) in [5.41, 5.74) is 7.39. The molecule has 2 aliphatic rings. The van der Waals surface area contributed by atoms with E-state index >= 15 is 0 Å². The van der Waals surface area contributed by atoms with E-state index in [2.05, 4.69) is 21.8 Å². The lowest BCUT2D eigenvalue weighted by Crippen LogP contribution is -2.56. The zero-order valence-electron chi connectivity index (χ0n) is 14.3. The van der Waals surface area contributed by atoms with Gasteiger partial charge in [0.1, 0.15) is 0 Å². The van der Waals surface area contributed by atoms with Crippen LogP contribution in [0.3, 0.4) is 0 Å². The van der Waals surface area contributed by atoms with Crippen LogP contribution in [0.2, 0.25) is 5.02 Å². The van der Waals surface area contributed by atoms with Gasteiger partial charge in [0.2, 0.25) is 5.95 Å². The van der Waals surface area contributed by atoms with Gasteiger partial charge in [-0.3, -0.25) is 4.90 Å². The highest BCUT2D eigenvalue weighted by atomic mass is 35.5. The Morgan fingerprint density at radius 1 is 1.36 bits per heavy atom. The predicted octanol–water partition coefficient (Wildman–Crippen LogP) is 2.19. The molecule has 0 radical (unpaired) electrons. The van der Waals surface area contributed by atoms with Gasteiger partial charge in [-0.05, 0) is 56.5 Å². The number of likely N-dealkylation sites (tertiary alicyclic amines) is 1. The fourth-order valence-corrected chi connectivity index (χ4v) is 4.38. The molecule has 0 unspecified atom stereocenters. The van der Waals surface area contributed by atoms with E-state index in [9.17, 15) is 5.11 Å². The molecule has 3 N–H and O–H groups in total. The zero-order chi connectivity index (χ0) is 17.6. The SMILES string of the molecule is C[C@]1(N2CCC(c3cc4nc(N)ncc4cc3Cl)CC2)COC[C@H]1O. The maximum atomic E-state index is 10.3. The first-order chi connectivity index (χ1) is 12.0. The maximum Gasteiger partial charge on any atom is 0.220 e. The zero-order valence-corrected chi connectivity index (χ0v) is 15.0. The van der Waals surface area contributed by atoms with Crippen LogP contribution in [0.25, 0.3) is 10.9 Å². The number of hydrogen-bond donors (Lipinski definition) is 2. The molecular formula is C18H23ClN4O2. The molecule has 0 aliphatic carbocycles. The fourth-order valence-electron chi connectivity index (χ4n) is 4.05. The van der Waals surface area contributed by atoms with Crippen LogP contribution in [0.1, 0.15) is 31.2 Å². The van der Waals surface area contributed by atoms with Gasteiger partial charge in [0, 0.05) is 16.6 Å². The van der Waals surface area contributed by atoms with E-state index in [-0.39, 0.29) is 11.5 Å². The topological polar surface area (TPSA) is 84.5 Å². The van der Waals surface area contributed by atoms with Gasteiger partial charge in [-0.15, -0.1) is 0 Å². The highest BCUT2D eigenvalue weighted by molar-refractivity contribution is 6.32. The molecule has 7 heteroatoms. The van der Waals surface area contributed by atoms with Crippen molar-refractivity contribution in [2.75, 3.05) is 32.0 Å². The largest absolute Gasteiger partial charge is 0.389 e. The van der Waals surface area contributed by atoms with Gasteiger partial charge in [0.15, 0.2) is 0 Å². The van der Waals surface area contributed by atoms with Crippen LogP contribution in [0.5, 0.6) is 0 Å². The molecule has 2 fully saturated rings. The number of halogens is 1. The number of nitrogens with two attached hydrogens (primary N) is 1. The average Bonchev–Trinajstić information content (AvgIpc) is 2.95. The third-order valence-corrected chi connectivity index (χ3v) is 6.09. The predicted molar refractivity (Wildman–Crippen MR) is 97.7 cm³/mol. The van der Waals surface area contributed by atoms with E-state index in [1.807, 2.05) is 12.1 Å². The summed E-state index contributed by atoms with van der Waals surface area (Å²) in [5, 5.41) is 11.9. The van der Waals surface area contributed by atoms with E-state index in [4.69, 9.17) is 22.1 Å². The highest BCUT2D eigenvalue weighted by Gasteiger charge is 2.44. The summed E-state index contributed by atoms with van der Waals surface area (Å²) in [5.74, 6) is 0.658. The Hall–Kier alpha value is -1.47. The number of aliphatic hydroxyl groups is 1. The van der Waals surface area contributed by atoms with Crippen molar-refractivity contribution in [1.82, 2.24) is 14.9 Å². The molecule has 2 aliphatic heterocycles. The number of nitrogens with zero attached hydrogens (tertiary/aromatic N) is 3. The molecule has 6 nitrogen and oxygen atoms in total. The number of piperidine rings is 1. The van der Waals surface area contributed by atoms with Crippen molar-refractivity contribution in [3.8, 4) is 0 Å². The number of nitrogen functional groups attached to an aromatic ring is 1. The number of aliphatic hydroxyl groups excluding tert-OH is 1. The standard InChI is InChI=1S/C18H23ClN4O2/c1-18(10-25-9-16(18)24)23-4-2-11(3-5-23)13-7-15-12(6-14(13)19)8-21-17(20)22-15/h6-8,11,16,24H,2-5,9-10H2,1H3,(H2,20,21,22)/t16-,18+/m1/s1. The summed E-state index contributed by atoms with van der Waals surface area (Å²) in [4.78, 5) is 10.7. The van der Waals surface area contributed by atoms with Gasteiger partial charge in [-0.1, -0.05) is 11.6 Å². The molecule has 0 spiro atoms. The molecule has 2 saturated heterocycles. The smallest absolute Gasteiger partial charge is 0.220 e. The third-order valence-electron chi connectivity index (χ3n) is 5.76. The number of ether oxygens (including phenoxy) is 1. The van der Waals surface area contributed by atoms with Crippen molar-refractivity contribution in [2.45, 2.75) is 37.3 Å². The second-order valence-electron chi connectivity index (χ2n) is 7.31. The maximum absolute atomic E-state index is 10.3. The summed E-state index contributed by atoms with van der Waals surface area (Å²) in [7, 11) is 0. The molecule has 0 saturated carbocycles. The van der Waals surface area contributed by atoms with E-state index < -0.39 is 6.10 Å². The lowest BCUT2D eigenvalue weighted by molar-refractivity contribution is -0.00211. The van der Waals surface area contributed by atoms with Crippen LogP contribution in [0, 0.1) is 0 Å². The molecule has 2 atom stereocenters. The second-order valence-corrected chi connectivity index (χ2v) is 7.72. The van der Waals surface area contributed by atoms with Crippen molar-refractivity contribution >= 4 is 28.5 Å². The van der Waals surface area contributed by atoms with Crippen molar-refractivity contribution < 1.29 is 9.84 Å². The van der Waals surface area contributed by atoms with E-state index in [0.717, 1.165) is 47.4 Å². The third kappa shape index (κ3) is 2.97. The molecule has 25 heavy (non-hydrogen) atoms. The fraction of sp³-hybridized carbons (Fsp3) is 0.556. The van der Waals surface area contributed by atoms with Crippen LogP contribution in [0.15, 0.2) is 18.3 Å². The first-order valence-electron chi connectivity index (χ1n) is 8.70. The van der Waals surface area contributed by atoms with Crippen LogP contribution >= 0.6 is 11.6 Å². The van der Waals surface area contributed by atoms with E-state index in [1.165, 1.54) is 0 Å². The first-order valence-corrected chi connectivity index (χ1v) is 9.08. The Morgan fingerprint density at radius 2 is 2.12 bits per heavy atom. The minimum Gasteiger partial charge on any atom is -0.389 e. The van der Waals surface area contributed by atoms with E-state index in [1.54, 1.807) is 6.20 Å². The Bertz CT molecular complexity index is 794. The van der Waals surface area contributed by atoms with Gasteiger partial charge in [-0.25, -0.2) is 9.97 Å². The number of benzene rings is 1. The molecule has 4 rings (SSSR count). The van der Waals surface area contributed by atoms with Crippen molar-refractivity contribution in [3.05, 3.63) is 28.9 Å². The Labute approximate surface area is 152 Å². The van der Waals surface area contributed by atoms with Gasteiger partial charge >= 0.3 is 0 Å². The van der Waals surface area contributed by atoms with E-state index in [0.29, 0.717) is 19.1 Å². The van der Waals surface area contributed by atoms with Crippen LogP contribution in [-0.2, 0) is 4.74 Å². The van der Waals surface area contributed by atoms with Gasteiger partial charge in [0.05, 0.1) is 30.4 Å². The Morgan fingerprint density at radius 3 is 2.80 bits per heavy atom. The molecule has 0 bridgehead atoms. The minimum atomic E-state index is -0.423. The molecule has 2 aromatic rings. The summed E-state index contributed by atoms with van der Waals surface area (Å²) < 4.78 is 5.48. The molecule has 134 valence electrons. The summed E-state index contributed by atoms with van der Waals surface area (Å²) in [6.45, 7) is 4.94. The molecule has 1 aromatic carbocycles. The highest BCUT2D eigenvalue weighted by Crippen LogP contribution is 2.38. The lowest BCUT2D eigenvalue weighted by Gasteiger charge is -2.43. The van der Waals surface area contributed by atoms with Crippen LogP contribution in [0.4, 0.5) is 5.95 Å². The van der Waals surface area contributed by atoms with Crippen LogP contribution < -0.4 is 5.73 Å². The summed E-state index contributed by atoms with van der Waals surface area (Å²) in [6, 6.07) is 3.97. The van der Waals surface area contributed by atoms with Crippen molar-refractivity contribution in [3.63, 3.8) is 0 Å². The lowest BCUT2D eigenvalue weighted by atomic mass is 9.85. The van der Waals surface area contributed by atoms with Gasteiger partial charge in [0.25, 0.3) is 0 Å². The normalized spacial score (nSPS) is 28.7. The summed E-state index contributed by atoms with van der Waals surface area (Å²) >= 11 is 6.53. The van der Waals surface area contributed by atoms with Crippen molar-refractivity contribution in [1.29, 1.82) is 0 Å². The quantitative estimate of drug-likeness (QED) is 0.852. The Balaban J connectivity index is 1.54. The number of rotatable bonds is 2. The van der Waals surface area contributed by atoms with Gasteiger partial charge < -0.3 is 15.6 Å². The monoisotopic (exact) mass is 362 g/mol. The molecule has 0 amide bonds. The summed E-state index contributed by atoms with van der Waals surface area (Å²) in [6.07, 6.45) is 3.27. The number of fused-ring (bicyclic) bond motifs is 1. The van der Waals surface area contributed by atoms with Crippen molar-refractivity contribution in [2.24, 2.45) is 0 Å². The molecule has 3 heterocycles. The number of aromatic nitrogens is 2.